The molecule has 1 aromatic heterocycles. The first-order valence-corrected chi connectivity index (χ1v) is 9.88. The van der Waals surface area contributed by atoms with E-state index in [4.69, 9.17) is 13.9 Å². The van der Waals surface area contributed by atoms with Crippen LogP contribution in [0.3, 0.4) is 0 Å². The van der Waals surface area contributed by atoms with Gasteiger partial charge < -0.3 is 49.3 Å². The highest BCUT2D eigenvalue weighted by atomic mass is 16.7. The van der Waals surface area contributed by atoms with Gasteiger partial charge in [0, 0.05) is 23.8 Å². The Bertz CT molecular complexity index is 1300. The number of hydrogen-bond donors (Lipinski definition) is 6. The second-order valence-corrected chi connectivity index (χ2v) is 7.53. The maximum absolute atomic E-state index is 12.6. The first-order valence-electron chi connectivity index (χ1n) is 9.88. The molecule has 34 heavy (non-hydrogen) atoms. The lowest BCUT2D eigenvalue weighted by Crippen LogP contribution is -2.61. The molecule has 6 N–H and O–H groups in total. The number of aliphatic hydroxyl groups excluding tert-OH is 3. The molecule has 0 radical (unpaired) electrons. The lowest BCUT2D eigenvalue weighted by molar-refractivity contribution is -0.271. The summed E-state index contributed by atoms with van der Waals surface area (Å²) in [4.78, 5) is 24.4. The second-order valence-electron chi connectivity index (χ2n) is 7.53. The zero-order valence-electron chi connectivity index (χ0n) is 17.5. The molecule has 12 heteroatoms. The van der Waals surface area contributed by atoms with Crippen LogP contribution < -0.4 is 10.2 Å². The number of rotatable bonds is 4. The third-order valence-corrected chi connectivity index (χ3v) is 5.30. The Balaban J connectivity index is 1.71. The first-order chi connectivity index (χ1) is 16.1. The summed E-state index contributed by atoms with van der Waals surface area (Å²) in [5, 5.41) is 59.6. The van der Waals surface area contributed by atoms with Gasteiger partial charge in [-0.3, -0.25) is 4.79 Å². The van der Waals surface area contributed by atoms with Crippen LogP contribution in [0.25, 0.3) is 22.3 Å². The maximum atomic E-state index is 12.6. The number of ether oxygens (including phenoxy) is 3. The van der Waals surface area contributed by atoms with Crippen LogP contribution >= 0.6 is 0 Å². The van der Waals surface area contributed by atoms with Crippen LogP contribution in [0, 0.1) is 0 Å². The zero-order chi connectivity index (χ0) is 24.7. The first kappa shape index (κ1) is 23.3. The van der Waals surface area contributed by atoms with Crippen LogP contribution in [0.15, 0.2) is 45.6 Å². The second kappa shape index (κ2) is 8.83. The van der Waals surface area contributed by atoms with Gasteiger partial charge in [-0.1, -0.05) is 0 Å². The molecule has 0 amide bonds. The van der Waals surface area contributed by atoms with Crippen LogP contribution in [-0.2, 0) is 14.3 Å². The normalized spacial score (nSPS) is 24.6. The van der Waals surface area contributed by atoms with Gasteiger partial charge in [-0.15, -0.1) is 0 Å². The van der Waals surface area contributed by atoms with Gasteiger partial charge in [0.25, 0.3) is 0 Å². The summed E-state index contributed by atoms with van der Waals surface area (Å²) in [7, 11) is 1.04. The van der Waals surface area contributed by atoms with Gasteiger partial charge in [0.15, 0.2) is 23.0 Å². The maximum Gasteiger partial charge on any atom is 0.337 e. The molecule has 180 valence electrons. The molecule has 2 aromatic carbocycles. The van der Waals surface area contributed by atoms with Gasteiger partial charge in [0.1, 0.15) is 46.5 Å². The average Bonchev–Trinajstić information content (AvgIpc) is 2.80. The van der Waals surface area contributed by atoms with Gasteiger partial charge in [-0.25, -0.2) is 4.79 Å². The molecular weight excluding hydrogens is 456 g/mol. The van der Waals surface area contributed by atoms with Crippen LogP contribution in [0.4, 0.5) is 0 Å². The predicted molar refractivity (Wildman–Crippen MR) is 112 cm³/mol. The highest BCUT2D eigenvalue weighted by molar-refractivity contribution is 5.86. The minimum atomic E-state index is -1.82. The quantitative estimate of drug-likeness (QED) is 0.217. The van der Waals surface area contributed by atoms with Crippen molar-refractivity contribution in [3.05, 3.63) is 46.6 Å². The Kier molecular flexibility index (Phi) is 6.06. The number of aromatic hydroxyl groups is 3. The van der Waals surface area contributed by atoms with Crippen LogP contribution in [0.2, 0.25) is 0 Å². The van der Waals surface area contributed by atoms with E-state index in [-0.39, 0.29) is 33.8 Å². The van der Waals surface area contributed by atoms with Crippen molar-refractivity contribution in [3.8, 4) is 34.3 Å². The molecule has 1 fully saturated rings. The van der Waals surface area contributed by atoms with E-state index in [2.05, 4.69) is 4.74 Å². The van der Waals surface area contributed by atoms with Crippen molar-refractivity contribution in [1.82, 2.24) is 0 Å². The molecule has 1 aliphatic heterocycles. The molecule has 3 aromatic rings. The number of hydrogen-bond acceptors (Lipinski definition) is 12. The number of methoxy groups -OCH3 is 1. The molecule has 1 saturated heterocycles. The molecule has 5 atom stereocenters. The number of esters is 1. The minimum Gasteiger partial charge on any atom is -0.507 e. The van der Waals surface area contributed by atoms with E-state index >= 15 is 0 Å². The number of phenolic OH excluding ortho intramolecular Hbond substituents is 3. The fourth-order valence-electron chi connectivity index (χ4n) is 3.52. The fraction of sp³-hybridized carbons (Fsp3) is 0.273. The lowest BCUT2D eigenvalue weighted by Gasteiger charge is -2.38. The van der Waals surface area contributed by atoms with Crippen molar-refractivity contribution in [3.63, 3.8) is 0 Å². The van der Waals surface area contributed by atoms with Gasteiger partial charge in [-0.05, 0) is 18.2 Å². The molecule has 0 aliphatic carbocycles. The van der Waals surface area contributed by atoms with Crippen molar-refractivity contribution in [2.75, 3.05) is 7.11 Å². The predicted octanol–water partition coefficient (Wildman–Crippen LogP) is -0.0638. The van der Waals surface area contributed by atoms with Crippen molar-refractivity contribution in [1.29, 1.82) is 0 Å². The number of carbonyl (C=O) groups is 1. The number of phenols is 3. The topological polar surface area (TPSA) is 196 Å². The molecule has 1 aliphatic rings. The van der Waals surface area contributed by atoms with Gasteiger partial charge in [0.2, 0.25) is 6.29 Å². The Labute approximate surface area is 190 Å². The Morgan fingerprint density at radius 2 is 1.65 bits per heavy atom. The van der Waals surface area contributed by atoms with E-state index in [9.17, 15) is 40.2 Å². The lowest BCUT2D eigenvalue weighted by atomic mass is 9.99. The zero-order valence-corrected chi connectivity index (χ0v) is 17.5. The van der Waals surface area contributed by atoms with Crippen LogP contribution in [-0.4, -0.2) is 74.4 Å². The SMILES string of the molecule is COC(=O)[C@@H]1O[C@@H](Oc2cc(O)c3c(=O)cc(-c4ccc(O)c(O)c4)oc3c2)[C@@H](O)[C@H](O)[C@H]1O. The Hall–Kier alpha value is -3.84. The molecule has 2 heterocycles. The monoisotopic (exact) mass is 476 g/mol. The fourth-order valence-corrected chi connectivity index (χ4v) is 3.52. The smallest absolute Gasteiger partial charge is 0.337 e. The summed E-state index contributed by atoms with van der Waals surface area (Å²) in [5.74, 6) is -2.52. The average molecular weight is 476 g/mol. The van der Waals surface area contributed by atoms with E-state index < -0.39 is 53.6 Å². The van der Waals surface area contributed by atoms with E-state index in [0.29, 0.717) is 0 Å². The molecule has 0 saturated carbocycles. The van der Waals surface area contributed by atoms with E-state index in [0.717, 1.165) is 19.2 Å². The molecule has 12 nitrogen and oxygen atoms in total. The number of fused-ring (bicyclic) bond motifs is 1. The Morgan fingerprint density at radius 1 is 0.912 bits per heavy atom. The van der Waals surface area contributed by atoms with Crippen LogP contribution in [0.1, 0.15) is 0 Å². The molecular formula is C22H20O12. The van der Waals surface area contributed by atoms with Crippen molar-refractivity contribution in [2.24, 2.45) is 0 Å². The van der Waals surface area contributed by atoms with Gasteiger partial charge >= 0.3 is 5.97 Å². The third-order valence-electron chi connectivity index (χ3n) is 5.30. The standard InChI is InChI=1S/C22H20O12/c1-31-21(30)20-18(28)17(27)19(29)22(34-20)32-9-5-12(25)16-13(26)7-14(33-15(16)6-9)8-2-3-10(23)11(24)4-8/h2-7,17-20,22-25,27-29H,1H3/t17-,18-,19+,20-,22-/m1/s1. The van der Waals surface area contributed by atoms with Gasteiger partial charge in [0.05, 0.1) is 7.11 Å². The summed E-state index contributed by atoms with van der Waals surface area (Å²) < 4.78 is 20.9. The van der Waals surface area contributed by atoms with E-state index in [1.165, 1.54) is 24.3 Å². The largest absolute Gasteiger partial charge is 0.507 e. The van der Waals surface area contributed by atoms with Crippen molar-refractivity contribution in [2.45, 2.75) is 30.7 Å². The van der Waals surface area contributed by atoms with E-state index in [1.807, 2.05) is 0 Å². The summed E-state index contributed by atoms with van der Waals surface area (Å²) in [5.41, 5.74) is -0.504. The number of carbonyl (C=O) groups excluding carboxylic acids is 1. The van der Waals surface area contributed by atoms with Crippen LogP contribution in [0.5, 0.6) is 23.0 Å². The van der Waals surface area contributed by atoms with E-state index in [1.54, 1.807) is 0 Å². The highest BCUT2D eigenvalue weighted by Gasteiger charge is 2.48. The third kappa shape index (κ3) is 4.10. The van der Waals surface area contributed by atoms with Gasteiger partial charge in [-0.2, -0.15) is 0 Å². The number of benzene rings is 2. The summed E-state index contributed by atoms with van der Waals surface area (Å²) in [6.45, 7) is 0. The summed E-state index contributed by atoms with van der Waals surface area (Å²) in [6.07, 6.45) is -8.71. The molecule has 4 rings (SSSR count). The minimum absolute atomic E-state index is 0.00241. The summed E-state index contributed by atoms with van der Waals surface area (Å²) >= 11 is 0. The summed E-state index contributed by atoms with van der Waals surface area (Å²) in [6, 6.07) is 7.08. The van der Waals surface area contributed by atoms with Crippen molar-refractivity contribution >= 4 is 16.9 Å². The molecule has 0 spiro atoms. The Morgan fingerprint density at radius 3 is 2.32 bits per heavy atom. The molecule has 0 unspecified atom stereocenters. The highest BCUT2D eigenvalue weighted by Crippen LogP contribution is 2.35. The molecule has 0 bridgehead atoms. The number of aliphatic hydroxyl groups is 3. The van der Waals surface area contributed by atoms with Crippen molar-refractivity contribution < 1.29 is 54.1 Å².